The van der Waals surface area contributed by atoms with Crippen molar-refractivity contribution < 1.29 is 15.0 Å². The van der Waals surface area contributed by atoms with Crippen LogP contribution in [0.2, 0.25) is 0 Å². The molecule has 17 nitrogen and oxygen atoms in total. The molecule has 0 radical (unpaired) electrons. The van der Waals surface area contributed by atoms with Crippen LogP contribution in [-0.4, -0.2) is 104 Å². The standard InChI is InChI=1S/C37H44N14O3.ClH/c1-3-30-46-48-51(47-30)29-16-28(32(52)33(29)53)50-21-41-31-34(39-17-26(23-10-6-4-7-11-23)24-12-8-5-9-13-24)44-36(45-35(31)50)49-15-14-25(19-49)43-37(54)42-22(2)27-18-38-20-40-27;/h4-13,18,20-22,25-26,28-29,32-33,52-53H,3,14-17,19H2,1-2H3,(H,38,40)(H,39,44,45)(H2,42,43,54);1H/t22?,25-,28-,29+,32+,33-;/m1./s1. The predicted octanol–water partition coefficient (Wildman–Crippen LogP) is 3.31. The Hall–Kier alpha value is -5.65. The molecule has 6 aromatic rings. The summed E-state index contributed by atoms with van der Waals surface area (Å²) in [4.78, 5) is 38.4. The van der Waals surface area contributed by atoms with E-state index in [-0.39, 0.29) is 36.4 Å². The lowest BCUT2D eigenvalue weighted by molar-refractivity contribution is 0.00473. The molecule has 4 aromatic heterocycles. The Balaban J connectivity index is 0.00000465. The number of urea groups is 1. The lowest BCUT2D eigenvalue weighted by Crippen LogP contribution is -2.44. The molecule has 8 rings (SSSR count). The van der Waals surface area contributed by atoms with Gasteiger partial charge in [0.05, 0.1) is 30.4 Å². The van der Waals surface area contributed by atoms with E-state index < -0.39 is 24.3 Å². The number of fused-ring (bicyclic) bond motifs is 1. The van der Waals surface area contributed by atoms with E-state index >= 15 is 0 Å². The average Bonchev–Trinajstić information content (AvgIpc) is 4.05. The van der Waals surface area contributed by atoms with Crippen molar-refractivity contribution in [2.24, 2.45) is 0 Å². The zero-order chi connectivity index (χ0) is 37.2. The second-order valence-corrected chi connectivity index (χ2v) is 13.9. The van der Waals surface area contributed by atoms with Crippen LogP contribution in [0.25, 0.3) is 11.2 Å². The van der Waals surface area contributed by atoms with Gasteiger partial charge >= 0.3 is 6.03 Å². The van der Waals surface area contributed by atoms with E-state index in [4.69, 9.17) is 15.0 Å². The third kappa shape index (κ3) is 7.81. The molecule has 288 valence electrons. The summed E-state index contributed by atoms with van der Waals surface area (Å²) >= 11 is 0. The molecular formula is C37H45ClN14O3. The summed E-state index contributed by atoms with van der Waals surface area (Å²) in [6.45, 7) is 5.44. The van der Waals surface area contributed by atoms with E-state index in [0.717, 1.165) is 16.8 Å². The molecule has 0 bridgehead atoms. The maximum atomic E-state index is 12.9. The number of aliphatic hydroxyl groups excluding tert-OH is 2. The van der Waals surface area contributed by atoms with Gasteiger partial charge in [-0.05, 0) is 36.1 Å². The number of tetrazole rings is 1. The van der Waals surface area contributed by atoms with E-state index in [0.29, 0.717) is 67.7 Å². The lowest BCUT2D eigenvalue weighted by atomic mass is 9.91. The highest BCUT2D eigenvalue weighted by atomic mass is 35.5. The highest BCUT2D eigenvalue weighted by Gasteiger charge is 2.45. The van der Waals surface area contributed by atoms with Gasteiger partial charge in [0.1, 0.15) is 18.2 Å². The van der Waals surface area contributed by atoms with Crippen LogP contribution >= 0.6 is 12.4 Å². The number of benzene rings is 2. The first-order valence-corrected chi connectivity index (χ1v) is 18.4. The van der Waals surface area contributed by atoms with Gasteiger partial charge in [-0.1, -0.05) is 67.6 Å². The predicted molar refractivity (Wildman–Crippen MR) is 207 cm³/mol. The summed E-state index contributed by atoms with van der Waals surface area (Å²) < 4.78 is 1.82. The van der Waals surface area contributed by atoms with Crippen molar-refractivity contribution in [2.75, 3.05) is 29.9 Å². The van der Waals surface area contributed by atoms with Gasteiger partial charge in [-0.3, -0.25) is 0 Å². The van der Waals surface area contributed by atoms with Gasteiger partial charge in [0.25, 0.3) is 0 Å². The minimum Gasteiger partial charge on any atom is -0.388 e. The maximum absolute atomic E-state index is 12.9. The number of nitrogens with one attached hydrogen (secondary N) is 4. The SMILES string of the molecule is CCc1nnn([C@H]2C[C@@H](n3cnc4c(NCC(c5ccccc5)c5ccccc5)nc(N5CC[C@@H](NC(=O)NC(C)c6c[nH]cn6)C5)nc43)[C@H](O)[C@@H]2O)n1.Cl. The molecule has 1 aliphatic carbocycles. The molecule has 55 heavy (non-hydrogen) atoms. The number of imidazole rings is 2. The minimum absolute atomic E-state index is 0. The van der Waals surface area contributed by atoms with Gasteiger partial charge in [0.15, 0.2) is 22.8 Å². The summed E-state index contributed by atoms with van der Waals surface area (Å²) in [6, 6.07) is 18.8. The van der Waals surface area contributed by atoms with Crippen LogP contribution < -0.4 is 20.9 Å². The molecule has 1 aliphatic heterocycles. The second-order valence-electron chi connectivity index (χ2n) is 13.9. The largest absolute Gasteiger partial charge is 0.388 e. The Labute approximate surface area is 323 Å². The number of anilines is 2. The van der Waals surface area contributed by atoms with Crippen molar-refractivity contribution in [1.82, 2.24) is 60.3 Å². The van der Waals surface area contributed by atoms with Gasteiger partial charge in [-0.25, -0.2) is 14.8 Å². The number of amides is 2. The van der Waals surface area contributed by atoms with E-state index in [1.165, 1.54) is 4.80 Å². The summed E-state index contributed by atoms with van der Waals surface area (Å²) in [7, 11) is 0. The highest BCUT2D eigenvalue weighted by Crippen LogP contribution is 2.40. The first kappa shape index (κ1) is 37.7. The minimum atomic E-state index is -1.14. The topological polar surface area (TPSA) is 213 Å². The van der Waals surface area contributed by atoms with Crippen LogP contribution in [0.15, 0.2) is 79.5 Å². The number of rotatable bonds is 12. The number of carbonyl (C=O) groups excluding carboxylic acids is 1. The van der Waals surface area contributed by atoms with E-state index in [9.17, 15) is 15.0 Å². The molecule has 18 heteroatoms. The Morgan fingerprint density at radius 2 is 1.73 bits per heavy atom. The molecule has 1 saturated heterocycles. The quantitative estimate of drug-likeness (QED) is 0.106. The number of hydrogen-bond acceptors (Lipinski definition) is 12. The first-order valence-electron chi connectivity index (χ1n) is 18.4. The fourth-order valence-corrected chi connectivity index (χ4v) is 7.50. The number of nitrogens with zero attached hydrogens (tertiary/aromatic N) is 10. The molecule has 2 amide bonds. The fourth-order valence-electron chi connectivity index (χ4n) is 7.50. The maximum Gasteiger partial charge on any atom is 0.315 e. The van der Waals surface area contributed by atoms with E-state index in [2.05, 4.69) is 65.6 Å². The van der Waals surface area contributed by atoms with Gasteiger partial charge in [0, 0.05) is 44.2 Å². The Kier molecular flexibility index (Phi) is 11.2. The number of aromatic nitrogens is 10. The molecule has 2 fully saturated rings. The van der Waals surface area contributed by atoms with Crippen LogP contribution in [0.4, 0.5) is 16.6 Å². The van der Waals surface area contributed by atoms with Crippen molar-refractivity contribution in [2.45, 2.75) is 75.4 Å². The smallest absolute Gasteiger partial charge is 0.315 e. The normalized spacial score (nSPS) is 21.5. The molecule has 2 aromatic carbocycles. The summed E-state index contributed by atoms with van der Waals surface area (Å²) in [5.41, 5.74) is 4.10. The lowest BCUT2D eigenvalue weighted by Gasteiger charge is -2.22. The van der Waals surface area contributed by atoms with Crippen molar-refractivity contribution in [3.63, 3.8) is 0 Å². The molecule has 6 N–H and O–H groups in total. The average molecular weight is 769 g/mol. The molecule has 2 aliphatic rings. The number of aliphatic hydroxyl groups is 2. The summed E-state index contributed by atoms with van der Waals surface area (Å²) in [5, 5.41) is 44.9. The number of carbonyl (C=O) groups is 1. The Bertz CT molecular complexity index is 2130. The van der Waals surface area contributed by atoms with Crippen LogP contribution in [0.5, 0.6) is 0 Å². The summed E-state index contributed by atoms with van der Waals surface area (Å²) in [6.07, 6.45) is 4.35. The molecule has 1 saturated carbocycles. The number of aryl methyl sites for hydroxylation is 1. The van der Waals surface area contributed by atoms with Crippen LogP contribution in [0, 0.1) is 0 Å². The monoisotopic (exact) mass is 768 g/mol. The van der Waals surface area contributed by atoms with E-state index in [1.807, 2.05) is 59.7 Å². The van der Waals surface area contributed by atoms with Crippen molar-refractivity contribution in [3.8, 4) is 0 Å². The zero-order valence-corrected chi connectivity index (χ0v) is 31.3. The van der Waals surface area contributed by atoms with Crippen molar-refractivity contribution >= 4 is 41.4 Å². The third-order valence-electron chi connectivity index (χ3n) is 10.5. The fraction of sp³-hybridized carbons (Fsp3) is 0.405. The summed E-state index contributed by atoms with van der Waals surface area (Å²) in [5.74, 6) is 1.59. The molecule has 6 atom stereocenters. The Morgan fingerprint density at radius 3 is 2.40 bits per heavy atom. The van der Waals surface area contributed by atoms with Crippen molar-refractivity contribution in [3.05, 3.63) is 102 Å². The van der Waals surface area contributed by atoms with Gasteiger partial charge in [-0.15, -0.1) is 22.6 Å². The van der Waals surface area contributed by atoms with Gasteiger partial charge in [0.2, 0.25) is 5.95 Å². The molecule has 1 unspecified atom stereocenters. The number of aromatic amines is 1. The van der Waals surface area contributed by atoms with Crippen LogP contribution in [-0.2, 0) is 6.42 Å². The number of halogens is 1. The van der Waals surface area contributed by atoms with Crippen molar-refractivity contribution in [1.29, 1.82) is 0 Å². The Morgan fingerprint density at radius 1 is 1.00 bits per heavy atom. The first-order chi connectivity index (χ1) is 26.4. The molecule has 5 heterocycles. The number of hydrogen-bond donors (Lipinski definition) is 6. The van der Waals surface area contributed by atoms with Gasteiger partial charge in [-0.2, -0.15) is 14.8 Å². The second kappa shape index (κ2) is 16.4. The highest BCUT2D eigenvalue weighted by molar-refractivity contribution is 5.85. The molecule has 0 spiro atoms. The van der Waals surface area contributed by atoms with E-state index in [1.54, 1.807) is 18.9 Å². The van der Waals surface area contributed by atoms with Crippen LogP contribution in [0.1, 0.15) is 73.4 Å². The number of H-pyrrole nitrogens is 1. The molecular weight excluding hydrogens is 724 g/mol. The zero-order valence-electron chi connectivity index (χ0n) is 30.5. The van der Waals surface area contributed by atoms with Crippen LogP contribution in [0.3, 0.4) is 0 Å². The third-order valence-corrected chi connectivity index (χ3v) is 10.5. The van der Waals surface area contributed by atoms with Gasteiger partial charge < -0.3 is 40.6 Å².